The summed E-state index contributed by atoms with van der Waals surface area (Å²) in [6, 6.07) is 6.18. The second-order valence-corrected chi connectivity index (χ2v) is 4.99. The van der Waals surface area contributed by atoms with Gasteiger partial charge in [-0.15, -0.1) is 0 Å². The number of phenolic OH excluding ortho intramolecular Hbond substituents is 1. The van der Waals surface area contributed by atoms with Crippen LogP contribution in [-0.2, 0) is 0 Å². The van der Waals surface area contributed by atoms with Gasteiger partial charge in [0.1, 0.15) is 11.4 Å². The van der Waals surface area contributed by atoms with Crippen molar-refractivity contribution < 1.29 is 9.90 Å². The number of halogens is 2. The van der Waals surface area contributed by atoms with Crippen molar-refractivity contribution in [2.45, 2.75) is 0 Å². The number of hydrogen-bond donors (Lipinski definition) is 3. The quantitative estimate of drug-likeness (QED) is 0.592. The Hall–Kier alpha value is -1.79. The summed E-state index contributed by atoms with van der Waals surface area (Å²) in [4.78, 5) is 14.4. The molecule has 0 radical (unpaired) electrons. The van der Waals surface area contributed by atoms with Gasteiger partial charge >= 0.3 is 0 Å². The van der Waals surface area contributed by atoms with Crippen LogP contribution in [0.25, 0.3) is 0 Å². The fourth-order valence-corrected chi connectivity index (χ4v) is 1.87. The van der Waals surface area contributed by atoms with Crippen LogP contribution >= 0.6 is 27.5 Å². The molecule has 1 heterocycles. The zero-order chi connectivity index (χ0) is 13.8. The minimum atomic E-state index is -0.386. The molecule has 0 spiro atoms. The van der Waals surface area contributed by atoms with Crippen LogP contribution in [0.5, 0.6) is 5.75 Å². The fourth-order valence-electron chi connectivity index (χ4n) is 1.35. The van der Waals surface area contributed by atoms with Crippen LogP contribution in [0.15, 0.2) is 40.0 Å². The molecule has 0 aliphatic carbocycles. The zero-order valence-corrected chi connectivity index (χ0v) is 11.9. The topological polar surface area (TPSA) is 77.5 Å². The molecular weight excluding hydrogens is 334 g/mol. The molecule has 2 rings (SSSR count). The van der Waals surface area contributed by atoms with Crippen LogP contribution < -0.4 is 5.43 Å². The molecule has 1 amide bonds. The number of aromatic amines is 1. The van der Waals surface area contributed by atoms with E-state index in [-0.39, 0.29) is 11.7 Å². The average Bonchev–Trinajstić information content (AvgIpc) is 2.80. The Bertz CT molecular complexity index is 640. The number of hydrazone groups is 1. The summed E-state index contributed by atoms with van der Waals surface area (Å²) in [7, 11) is 0. The molecule has 5 nitrogen and oxygen atoms in total. The van der Waals surface area contributed by atoms with E-state index >= 15 is 0 Å². The molecule has 1 aromatic heterocycles. The van der Waals surface area contributed by atoms with Crippen LogP contribution in [0, 0.1) is 0 Å². The Morgan fingerprint density at radius 3 is 2.95 bits per heavy atom. The molecule has 0 fully saturated rings. The highest BCUT2D eigenvalue weighted by Gasteiger charge is 2.06. The van der Waals surface area contributed by atoms with Gasteiger partial charge in [0.25, 0.3) is 5.91 Å². The predicted molar refractivity (Wildman–Crippen MR) is 76.7 cm³/mol. The maximum atomic E-state index is 11.6. The van der Waals surface area contributed by atoms with Crippen molar-refractivity contribution in [2.75, 3.05) is 0 Å². The van der Waals surface area contributed by atoms with Crippen molar-refractivity contribution in [2.24, 2.45) is 5.10 Å². The molecule has 19 heavy (non-hydrogen) atoms. The molecule has 0 bridgehead atoms. The summed E-state index contributed by atoms with van der Waals surface area (Å²) in [5, 5.41) is 13.8. The maximum Gasteiger partial charge on any atom is 0.287 e. The third-order valence-electron chi connectivity index (χ3n) is 2.25. The normalized spacial score (nSPS) is 10.8. The predicted octanol–water partition coefficient (Wildman–Crippen LogP) is 2.90. The van der Waals surface area contributed by atoms with E-state index in [1.165, 1.54) is 18.3 Å². The second-order valence-electron chi connectivity index (χ2n) is 3.63. The first-order valence-electron chi connectivity index (χ1n) is 5.22. The standard InChI is InChI=1S/C12H9BrClN3O2/c13-8-4-10(15-6-8)12(19)17-16-5-7-3-9(14)1-2-11(7)18/h1-6,15,18H,(H,17,19)/b16-5+. The average molecular weight is 343 g/mol. The van der Waals surface area contributed by atoms with Crippen molar-refractivity contribution in [3.05, 3.63) is 51.2 Å². The number of nitrogens with one attached hydrogen (secondary N) is 2. The molecule has 0 aliphatic rings. The van der Waals surface area contributed by atoms with Crippen molar-refractivity contribution in [1.82, 2.24) is 10.4 Å². The second kappa shape index (κ2) is 5.90. The maximum absolute atomic E-state index is 11.6. The third kappa shape index (κ3) is 3.59. The van der Waals surface area contributed by atoms with Gasteiger partial charge < -0.3 is 10.1 Å². The van der Waals surface area contributed by atoms with E-state index in [1.54, 1.807) is 18.3 Å². The molecule has 3 N–H and O–H groups in total. The lowest BCUT2D eigenvalue weighted by Gasteiger charge is -1.99. The highest BCUT2D eigenvalue weighted by molar-refractivity contribution is 9.10. The number of carbonyl (C=O) groups is 1. The first-order valence-corrected chi connectivity index (χ1v) is 6.39. The molecular formula is C12H9BrClN3O2. The molecule has 98 valence electrons. The number of phenols is 1. The Morgan fingerprint density at radius 2 is 2.26 bits per heavy atom. The van der Waals surface area contributed by atoms with E-state index in [4.69, 9.17) is 11.6 Å². The number of nitrogens with zero attached hydrogens (tertiary/aromatic N) is 1. The lowest BCUT2D eigenvalue weighted by molar-refractivity contribution is 0.0950. The highest BCUT2D eigenvalue weighted by Crippen LogP contribution is 2.19. The highest BCUT2D eigenvalue weighted by atomic mass is 79.9. The molecule has 1 aromatic carbocycles. The van der Waals surface area contributed by atoms with E-state index in [0.29, 0.717) is 16.3 Å². The summed E-state index contributed by atoms with van der Waals surface area (Å²) >= 11 is 9.01. The summed E-state index contributed by atoms with van der Waals surface area (Å²) in [5.74, 6) is -0.353. The molecule has 0 saturated heterocycles. The van der Waals surface area contributed by atoms with E-state index < -0.39 is 0 Å². The van der Waals surface area contributed by atoms with Crippen molar-refractivity contribution >= 4 is 39.7 Å². The van der Waals surface area contributed by atoms with E-state index in [1.807, 2.05) is 0 Å². The minimum absolute atomic E-state index is 0.0324. The van der Waals surface area contributed by atoms with E-state index in [2.05, 4.69) is 31.4 Å². The molecule has 0 atom stereocenters. The lowest BCUT2D eigenvalue weighted by atomic mass is 10.2. The number of rotatable bonds is 3. The number of aromatic hydroxyl groups is 1. The Balaban J connectivity index is 2.04. The largest absolute Gasteiger partial charge is 0.507 e. The number of amides is 1. The Kier molecular flexibility index (Phi) is 4.24. The first kappa shape index (κ1) is 13.6. The van der Waals surface area contributed by atoms with Crippen molar-refractivity contribution in [3.8, 4) is 5.75 Å². The van der Waals surface area contributed by atoms with Gasteiger partial charge in [-0.3, -0.25) is 4.79 Å². The van der Waals surface area contributed by atoms with Crippen LogP contribution in [0.1, 0.15) is 16.1 Å². The van der Waals surface area contributed by atoms with Gasteiger partial charge in [0.2, 0.25) is 0 Å². The van der Waals surface area contributed by atoms with Crippen molar-refractivity contribution in [1.29, 1.82) is 0 Å². The Morgan fingerprint density at radius 1 is 1.47 bits per heavy atom. The molecule has 0 unspecified atom stereocenters. The summed E-state index contributed by atoms with van der Waals surface area (Å²) in [6.45, 7) is 0. The monoisotopic (exact) mass is 341 g/mol. The van der Waals surface area contributed by atoms with Gasteiger partial charge in [-0.1, -0.05) is 11.6 Å². The Labute approximate surface area is 122 Å². The first-order chi connectivity index (χ1) is 9.06. The van der Waals surface area contributed by atoms with Crippen LogP contribution in [-0.4, -0.2) is 22.2 Å². The summed E-state index contributed by atoms with van der Waals surface area (Å²) < 4.78 is 0.772. The summed E-state index contributed by atoms with van der Waals surface area (Å²) in [5.41, 5.74) is 3.12. The van der Waals surface area contributed by atoms with E-state index in [9.17, 15) is 9.90 Å². The fraction of sp³-hybridized carbons (Fsp3) is 0. The number of benzene rings is 1. The van der Waals surface area contributed by atoms with Crippen LogP contribution in [0.3, 0.4) is 0 Å². The van der Waals surface area contributed by atoms with Gasteiger partial charge in [-0.25, -0.2) is 5.43 Å². The van der Waals surface area contributed by atoms with Crippen LogP contribution in [0.2, 0.25) is 5.02 Å². The van der Waals surface area contributed by atoms with Gasteiger partial charge in [0, 0.05) is 21.3 Å². The van der Waals surface area contributed by atoms with Crippen LogP contribution in [0.4, 0.5) is 0 Å². The zero-order valence-electron chi connectivity index (χ0n) is 9.52. The number of hydrogen-bond acceptors (Lipinski definition) is 3. The number of carbonyl (C=O) groups excluding carboxylic acids is 1. The SMILES string of the molecule is O=C(N/N=C/c1cc(Cl)ccc1O)c1cc(Br)c[nH]1. The summed E-state index contributed by atoms with van der Waals surface area (Å²) in [6.07, 6.45) is 2.96. The van der Waals surface area contributed by atoms with Gasteiger partial charge in [0.05, 0.1) is 6.21 Å². The minimum Gasteiger partial charge on any atom is -0.507 e. The van der Waals surface area contributed by atoms with Gasteiger partial charge in [-0.05, 0) is 40.2 Å². The smallest absolute Gasteiger partial charge is 0.287 e. The molecule has 0 aliphatic heterocycles. The third-order valence-corrected chi connectivity index (χ3v) is 2.94. The van der Waals surface area contributed by atoms with Gasteiger partial charge in [-0.2, -0.15) is 5.10 Å². The molecule has 2 aromatic rings. The number of H-pyrrole nitrogens is 1. The lowest BCUT2D eigenvalue weighted by Crippen LogP contribution is -2.17. The van der Waals surface area contributed by atoms with E-state index in [0.717, 1.165) is 4.47 Å². The molecule has 0 saturated carbocycles. The van der Waals surface area contributed by atoms with Gasteiger partial charge in [0.15, 0.2) is 0 Å². The van der Waals surface area contributed by atoms with Crippen molar-refractivity contribution in [3.63, 3.8) is 0 Å². The molecule has 7 heteroatoms. The number of aromatic nitrogens is 1.